The van der Waals surface area contributed by atoms with E-state index >= 15 is 0 Å². The third-order valence-electron chi connectivity index (χ3n) is 2.58. The zero-order valence-corrected chi connectivity index (χ0v) is 9.90. The Hall–Kier alpha value is -2.05. The van der Waals surface area contributed by atoms with Crippen molar-refractivity contribution in [3.63, 3.8) is 0 Å². The van der Waals surface area contributed by atoms with E-state index < -0.39 is 23.8 Å². The molecule has 0 radical (unpaired) electrons. The fourth-order valence-corrected chi connectivity index (χ4v) is 1.59. The molecule has 1 aliphatic heterocycles. The van der Waals surface area contributed by atoms with E-state index in [-0.39, 0.29) is 12.5 Å². The van der Waals surface area contributed by atoms with Gasteiger partial charge < -0.3 is 9.47 Å². The standard InChI is InChI=1S/C12H10F3NO3/c1-18-11(17)9-6-19-10(16-9)7-2-4-8(5-3-7)12(13,14)15/h2-5,9H,6H2,1H3. The van der Waals surface area contributed by atoms with Gasteiger partial charge in [0.25, 0.3) is 0 Å². The fraction of sp³-hybridized carbons (Fsp3) is 0.333. The third kappa shape index (κ3) is 2.86. The maximum Gasteiger partial charge on any atom is 0.416 e. The predicted molar refractivity (Wildman–Crippen MR) is 59.7 cm³/mol. The summed E-state index contributed by atoms with van der Waals surface area (Å²) in [5.74, 6) is -0.397. The minimum Gasteiger partial charge on any atom is -0.475 e. The van der Waals surface area contributed by atoms with Crippen LogP contribution in [-0.2, 0) is 20.4 Å². The van der Waals surface area contributed by atoms with Gasteiger partial charge in [-0.05, 0) is 24.3 Å². The van der Waals surface area contributed by atoms with E-state index in [0.717, 1.165) is 12.1 Å². The van der Waals surface area contributed by atoms with Crippen LogP contribution in [-0.4, -0.2) is 31.6 Å². The molecule has 2 rings (SSSR count). The van der Waals surface area contributed by atoms with Crippen molar-refractivity contribution in [2.45, 2.75) is 12.2 Å². The van der Waals surface area contributed by atoms with E-state index in [1.165, 1.54) is 19.2 Å². The van der Waals surface area contributed by atoms with Crippen LogP contribution in [0.15, 0.2) is 29.3 Å². The maximum atomic E-state index is 12.4. The van der Waals surface area contributed by atoms with Gasteiger partial charge in [-0.15, -0.1) is 0 Å². The summed E-state index contributed by atoms with van der Waals surface area (Å²) in [5, 5.41) is 0. The number of ether oxygens (including phenoxy) is 2. The van der Waals surface area contributed by atoms with Gasteiger partial charge in [0.1, 0.15) is 6.61 Å². The Bertz CT molecular complexity index is 508. The van der Waals surface area contributed by atoms with Crippen LogP contribution in [0.4, 0.5) is 13.2 Å². The number of hydrogen-bond acceptors (Lipinski definition) is 4. The molecule has 7 heteroatoms. The third-order valence-corrected chi connectivity index (χ3v) is 2.58. The van der Waals surface area contributed by atoms with Gasteiger partial charge >= 0.3 is 12.1 Å². The number of methoxy groups -OCH3 is 1. The number of benzene rings is 1. The Morgan fingerprint density at radius 1 is 1.37 bits per heavy atom. The number of halogens is 3. The smallest absolute Gasteiger partial charge is 0.416 e. The van der Waals surface area contributed by atoms with Crippen LogP contribution in [0, 0.1) is 0 Å². The van der Waals surface area contributed by atoms with Crippen molar-refractivity contribution in [3.05, 3.63) is 35.4 Å². The van der Waals surface area contributed by atoms with Gasteiger partial charge in [-0.2, -0.15) is 13.2 Å². The van der Waals surface area contributed by atoms with Crippen molar-refractivity contribution in [1.82, 2.24) is 0 Å². The zero-order valence-electron chi connectivity index (χ0n) is 9.90. The highest BCUT2D eigenvalue weighted by molar-refractivity contribution is 5.97. The van der Waals surface area contributed by atoms with Gasteiger partial charge in [-0.3, -0.25) is 0 Å². The first kappa shape index (κ1) is 13.4. The molecule has 1 aromatic carbocycles. The lowest BCUT2D eigenvalue weighted by Crippen LogP contribution is -2.21. The lowest BCUT2D eigenvalue weighted by molar-refractivity contribution is -0.142. The van der Waals surface area contributed by atoms with E-state index in [4.69, 9.17) is 4.74 Å². The SMILES string of the molecule is COC(=O)C1COC(c2ccc(C(F)(F)F)cc2)=N1. The minimum atomic E-state index is -4.38. The Balaban J connectivity index is 2.18. The molecule has 4 nitrogen and oxygen atoms in total. The molecule has 0 N–H and O–H groups in total. The second-order valence-electron chi connectivity index (χ2n) is 3.86. The van der Waals surface area contributed by atoms with E-state index in [2.05, 4.69) is 9.73 Å². The van der Waals surface area contributed by atoms with Crippen molar-refractivity contribution in [2.75, 3.05) is 13.7 Å². The van der Waals surface area contributed by atoms with Crippen molar-refractivity contribution in [1.29, 1.82) is 0 Å². The molecule has 0 aromatic heterocycles. The number of rotatable bonds is 2. The van der Waals surface area contributed by atoms with Crippen LogP contribution < -0.4 is 0 Å². The van der Waals surface area contributed by atoms with Gasteiger partial charge in [0.15, 0.2) is 6.04 Å². The maximum absolute atomic E-state index is 12.4. The number of alkyl halides is 3. The molecule has 0 bridgehead atoms. The minimum absolute atomic E-state index is 0.0308. The highest BCUT2D eigenvalue weighted by Gasteiger charge is 2.31. The second kappa shape index (κ2) is 4.91. The first-order valence-corrected chi connectivity index (χ1v) is 5.38. The van der Waals surface area contributed by atoms with Gasteiger partial charge in [-0.1, -0.05) is 0 Å². The van der Waals surface area contributed by atoms with E-state index in [0.29, 0.717) is 5.56 Å². The number of carbonyl (C=O) groups is 1. The van der Waals surface area contributed by atoms with Crippen LogP contribution in [0.5, 0.6) is 0 Å². The summed E-state index contributed by atoms with van der Waals surface area (Å²) in [7, 11) is 1.23. The molecular formula is C12H10F3NO3. The number of hydrogen-bond donors (Lipinski definition) is 0. The molecule has 0 amide bonds. The van der Waals surface area contributed by atoms with Crippen molar-refractivity contribution >= 4 is 11.9 Å². The second-order valence-corrected chi connectivity index (χ2v) is 3.86. The monoisotopic (exact) mass is 273 g/mol. The topological polar surface area (TPSA) is 47.9 Å². The number of carbonyl (C=O) groups excluding carboxylic acids is 1. The average Bonchev–Trinajstić information content (AvgIpc) is 2.86. The van der Waals surface area contributed by atoms with Crippen LogP contribution in [0.3, 0.4) is 0 Å². The highest BCUT2D eigenvalue weighted by Crippen LogP contribution is 2.29. The van der Waals surface area contributed by atoms with Crippen molar-refractivity contribution < 1.29 is 27.4 Å². The molecule has 102 valence electrons. The zero-order chi connectivity index (χ0) is 14.0. The molecule has 1 atom stereocenters. The first-order chi connectivity index (χ1) is 8.91. The molecule has 1 aliphatic rings. The molecule has 1 aromatic rings. The van der Waals surface area contributed by atoms with Gasteiger partial charge in [-0.25, -0.2) is 9.79 Å². The Morgan fingerprint density at radius 3 is 2.53 bits per heavy atom. The molecule has 1 unspecified atom stereocenters. The van der Waals surface area contributed by atoms with Crippen LogP contribution in [0.2, 0.25) is 0 Å². The van der Waals surface area contributed by atoms with E-state index in [1.807, 2.05) is 0 Å². The van der Waals surface area contributed by atoms with Gasteiger partial charge in [0.2, 0.25) is 5.90 Å². The van der Waals surface area contributed by atoms with Gasteiger partial charge in [0, 0.05) is 5.56 Å². The summed E-state index contributed by atoms with van der Waals surface area (Å²) < 4.78 is 46.8. The summed E-state index contributed by atoms with van der Waals surface area (Å²) in [6, 6.07) is 3.62. The van der Waals surface area contributed by atoms with E-state index in [9.17, 15) is 18.0 Å². The number of aliphatic imine (C=N–C) groups is 1. The predicted octanol–water partition coefficient (Wildman–Crippen LogP) is 2.02. The summed E-state index contributed by atoms with van der Waals surface area (Å²) in [5.41, 5.74) is -0.362. The largest absolute Gasteiger partial charge is 0.475 e. The average molecular weight is 273 g/mol. The molecule has 1 heterocycles. The van der Waals surface area contributed by atoms with Gasteiger partial charge in [0.05, 0.1) is 12.7 Å². The van der Waals surface area contributed by atoms with Crippen LogP contribution in [0.1, 0.15) is 11.1 Å². The molecule has 0 aliphatic carbocycles. The van der Waals surface area contributed by atoms with Crippen LogP contribution >= 0.6 is 0 Å². The summed E-state index contributed by atoms with van der Waals surface area (Å²) >= 11 is 0. The Labute approximate surface area is 106 Å². The van der Waals surface area contributed by atoms with Crippen molar-refractivity contribution in [3.8, 4) is 0 Å². The number of esters is 1. The fourth-order valence-electron chi connectivity index (χ4n) is 1.59. The van der Waals surface area contributed by atoms with E-state index in [1.54, 1.807) is 0 Å². The first-order valence-electron chi connectivity index (χ1n) is 5.38. The Morgan fingerprint density at radius 2 is 2.00 bits per heavy atom. The molecule has 0 spiro atoms. The summed E-state index contributed by atoms with van der Waals surface area (Å²) in [4.78, 5) is 15.2. The number of nitrogens with zero attached hydrogens (tertiary/aromatic N) is 1. The van der Waals surface area contributed by atoms with Crippen LogP contribution in [0.25, 0.3) is 0 Å². The highest BCUT2D eigenvalue weighted by atomic mass is 19.4. The quantitative estimate of drug-likeness (QED) is 0.774. The molecular weight excluding hydrogens is 263 g/mol. The normalized spacial score (nSPS) is 18.7. The molecule has 19 heavy (non-hydrogen) atoms. The molecule has 0 fully saturated rings. The molecule has 0 saturated heterocycles. The summed E-state index contributed by atoms with van der Waals surface area (Å²) in [6.45, 7) is 0.0308. The lowest BCUT2D eigenvalue weighted by atomic mass is 10.1. The lowest BCUT2D eigenvalue weighted by Gasteiger charge is -2.07. The Kier molecular flexibility index (Phi) is 3.46. The molecule has 0 saturated carbocycles. The summed E-state index contributed by atoms with van der Waals surface area (Å²) in [6.07, 6.45) is -4.38. The van der Waals surface area contributed by atoms with Crippen molar-refractivity contribution in [2.24, 2.45) is 4.99 Å².